The van der Waals surface area contributed by atoms with Crippen molar-refractivity contribution in [1.29, 1.82) is 0 Å². The fraction of sp³-hybridized carbons (Fsp3) is 0.522. The molecule has 11 heteroatoms. The lowest BCUT2D eigenvalue weighted by atomic mass is 10.0. The normalized spacial score (nSPS) is 21.9. The summed E-state index contributed by atoms with van der Waals surface area (Å²) in [7, 11) is 0. The van der Waals surface area contributed by atoms with E-state index in [0.29, 0.717) is 18.5 Å². The standard InChI is InChI=1S/C23H31N3O8/c27-19-11-7-2-1-3-8-12-24-23(32)34-15-33-22(31)18(13-16-9-5-4-6-10-16)26-21(30)17(25-19)14-20(28)29/h4-6,9-10,17-18H,1-3,7-8,11-15H2,(H,24,32)(H,25,27)(H,26,30)(H,28,29)/t17-,18-/m0/s1. The van der Waals surface area contributed by atoms with Gasteiger partial charge in [-0.15, -0.1) is 0 Å². The molecular weight excluding hydrogens is 446 g/mol. The number of carboxylic acid groups (broad SMARTS) is 1. The molecule has 0 spiro atoms. The van der Waals surface area contributed by atoms with Crippen molar-refractivity contribution in [2.45, 2.75) is 63.5 Å². The highest BCUT2D eigenvalue weighted by molar-refractivity contribution is 5.93. The van der Waals surface area contributed by atoms with E-state index < -0.39 is 55.1 Å². The molecule has 34 heavy (non-hydrogen) atoms. The van der Waals surface area contributed by atoms with Crippen LogP contribution in [0.5, 0.6) is 0 Å². The number of carbonyl (C=O) groups is 5. The highest BCUT2D eigenvalue weighted by Gasteiger charge is 2.29. The zero-order valence-corrected chi connectivity index (χ0v) is 18.9. The third kappa shape index (κ3) is 10.3. The Morgan fingerprint density at radius 1 is 0.912 bits per heavy atom. The van der Waals surface area contributed by atoms with Gasteiger partial charge >= 0.3 is 18.0 Å². The maximum absolute atomic E-state index is 12.8. The number of ether oxygens (including phenoxy) is 2. The summed E-state index contributed by atoms with van der Waals surface area (Å²) in [5, 5.41) is 16.7. The molecular formula is C23H31N3O8. The number of carboxylic acids is 1. The highest BCUT2D eigenvalue weighted by Crippen LogP contribution is 2.08. The summed E-state index contributed by atoms with van der Waals surface area (Å²) in [6.45, 7) is -0.252. The second-order valence-corrected chi connectivity index (χ2v) is 7.93. The topological polar surface area (TPSA) is 160 Å². The predicted molar refractivity (Wildman–Crippen MR) is 119 cm³/mol. The lowest BCUT2D eigenvalue weighted by Crippen LogP contribution is -2.53. The molecule has 3 amide bonds. The van der Waals surface area contributed by atoms with Gasteiger partial charge in [-0.3, -0.25) is 14.4 Å². The van der Waals surface area contributed by atoms with Crippen LogP contribution >= 0.6 is 0 Å². The summed E-state index contributed by atoms with van der Waals surface area (Å²) in [4.78, 5) is 60.8. The number of aliphatic carboxylic acids is 1. The van der Waals surface area contributed by atoms with E-state index >= 15 is 0 Å². The minimum Gasteiger partial charge on any atom is -0.481 e. The second kappa shape index (κ2) is 14.5. The SMILES string of the molecule is O=C(O)C[C@@H]1NC(=O)CCCCCCCNC(=O)OCOC(=O)[C@H](Cc2ccccc2)NC1=O. The summed E-state index contributed by atoms with van der Waals surface area (Å²) in [5.41, 5.74) is 0.709. The quantitative estimate of drug-likeness (QED) is 0.471. The van der Waals surface area contributed by atoms with Gasteiger partial charge in [0.2, 0.25) is 18.6 Å². The zero-order chi connectivity index (χ0) is 24.8. The van der Waals surface area contributed by atoms with Gasteiger partial charge in [-0.2, -0.15) is 0 Å². The molecule has 2 rings (SSSR count). The van der Waals surface area contributed by atoms with Crippen LogP contribution < -0.4 is 16.0 Å². The van der Waals surface area contributed by atoms with E-state index in [-0.39, 0.29) is 12.8 Å². The van der Waals surface area contributed by atoms with Crippen LogP contribution in [0, 0.1) is 0 Å². The maximum atomic E-state index is 12.8. The fourth-order valence-corrected chi connectivity index (χ4v) is 3.39. The number of carbonyl (C=O) groups excluding carboxylic acids is 4. The summed E-state index contributed by atoms with van der Waals surface area (Å²) in [6, 6.07) is 6.23. The Kier molecular flexibility index (Phi) is 11.4. The second-order valence-electron chi connectivity index (χ2n) is 7.93. The van der Waals surface area contributed by atoms with Crippen molar-refractivity contribution in [3.8, 4) is 0 Å². The molecule has 1 heterocycles. The van der Waals surface area contributed by atoms with Crippen LogP contribution in [-0.4, -0.2) is 60.4 Å². The Morgan fingerprint density at radius 2 is 1.62 bits per heavy atom. The first-order valence-electron chi connectivity index (χ1n) is 11.3. The van der Waals surface area contributed by atoms with E-state index in [1.807, 2.05) is 0 Å². The average Bonchev–Trinajstić information content (AvgIpc) is 2.79. The molecule has 1 aromatic rings. The molecule has 0 radical (unpaired) electrons. The minimum absolute atomic E-state index is 0.0470. The van der Waals surface area contributed by atoms with E-state index in [4.69, 9.17) is 9.47 Å². The molecule has 1 fully saturated rings. The molecule has 0 saturated carbocycles. The van der Waals surface area contributed by atoms with Crippen LogP contribution in [0.1, 0.15) is 50.5 Å². The summed E-state index contributed by atoms with van der Waals surface area (Å²) < 4.78 is 9.86. The van der Waals surface area contributed by atoms with Crippen molar-refractivity contribution in [2.24, 2.45) is 0 Å². The summed E-state index contributed by atoms with van der Waals surface area (Å²) >= 11 is 0. The highest BCUT2D eigenvalue weighted by atomic mass is 16.7. The number of alkyl carbamates (subject to hydrolysis) is 1. The Hall–Kier alpha value is -3.63. The molecule has 0 aromatic heterocycles. The molecule has 0 unspecified atom stereocenters. The smallest absolute Gasteiger partial charge is 0.410 e. The third-order valence-electron chi connectivity index (χ3n) is 5.16. The van der Waals surface area contributed by atoms with Gasteiger partial charge in [-0.25, -0.2) is 9.59 Å². The third-order valence-corrected chi connectivity index (χ3v) is 5.16. The lowest BCUT2D eigenvalue weighted by Gasteiger charge is -2.22. The van der Waals surface area contributed by atoms with E-state index in [1.165, 1.54) is 0 Å². The van der Waals surface area contributed by atoms with Crippen molar-refractivity contribution in [2.75, 3.05) is 13.3 Å². The van der Waals surface area contributed by atoms with Crippen LogP contribution in [0.15, 0.2) is 30.3 Å². The van der Waals surface area contributed by atoms with Crippen LogP contribution in [0.4, 0.5) is 4.79 Å². The van der Waals surface area contributed by atoms with Gasteiger partial charge in [0.05, 0.1) is 6.42 Å². The first-order valence-corrected chi connectivity index (χ1v) is 11.3. The monoisotopic (exact) mass is 477 g/mol. The minimum atomic E-state index is -1.36. The van der Waals surface area contributed by atoms with Crippen molar-refractivity contribution in [3.05, 3.63) is 35.9 Å². The molecule has 4 N–H and O–H groups in total. The number of cyclic esters (lactones) is 2. The van der Waals surface area contributed by atoms with Gasteiger partial charge in [0.25, 0.3) is 0 Å². The molecule has 1 aliphatic heterocycles. The van der Waals surface area contributed by atoms with Gasteiger partial charge < -0.3 is 30.5 Å². The largest absolute Gasteiger partial charge is 0.481 e. The van der Waals surface area contributed by atoms with E-state index in [1.54, 1.807) is 30.3 Å². The molecule has 2 atom stereocenters. The molecule has 11 nitrogen and oxygen atoms in total. The number of esters is 1. The Morgan fingerprint density at radius 3 is 2.35 bits per heavy atom. The molecule has 0 aliphatic carbocycles. The van der Waals surface area contributed by atoms with Gasteiger partial charge in [0.15, 0.2) is 0 Å². The van der Waals surface area contributed by atoms with Crippen molar-refractivity contribution < 1.29 is 38.6 Å². The molecule has 1 aliphatic rings. The van der Waals surface area contributed by atoms with Gasteiger partial charge in [-0.05, 0) is 18.4 Å². The predicted octanol–water partition coefficient (Wildman–Crippen LogP) is 1.25. The van der Waals surface area contributed by atoms with Crippen LogP contribution in [0.2, 0.25) is 0 Å². The van der Waals surface area contributed by atoms with Gasteiger partial charge in [-0.1, -0.05) is 49.6 Å². The summed E-state index contributed by atoms with van der Waals surface area (Å²) in [6.07, 6.45) is 2.57. The number of hydrogen-bond donors (Lipinski definition) is 4. The Bertz CT molecular complexity index is 846. The number of nitrogens with one attached hydrogen (secondary N) is 3. The van der Waals surface area contributed by atoms with Crippen LogP contribution in [0.3, 0.4) is 0 Å². The van der Waals surface area contributed by atoms with E-state index in [9.17, 15) is 29.1 Å². The van der Waals surface area contributed by atoms with Gasteiger partial charge in [0, 0.05) is 19.4 Å². The number of hydrogen-bond acceptors (Lipinski definition) is 7. The molecule has 186 valence electrons. The van der Waals surface area contributed by atoms with Crippen molar-refractivity contribution in [3.63, 3.8) is 0 Å². The maximum Gasteiger partial charge on any atom is 0.410 e. The van der Waals surface area contributed by atoms with Gasteiger partial charge in [0.1, 0.15) is 12.1 Å². The average molecular weight is 478 g/mol. The lowest BCUT2D eigenvalue weighted by molar-refractivity contribution is -0.155. The van der Waals surface area contributed by atoms with Crippen LogP contribution in [0.25, 0.3) is 0 Å². The zero-order valence-electron chi connectivity index (χ0n) is 18.9. The molecule has 1 aromatic carbocycles. The first-order chi connectivity index (χ1) is 16.3. The molecule has 0 bridgehead atoms. The van der Waals surface area contributed by atoms with E-state index in [0.717, 1.165) is 25.7 Å². The summed E-state index contributed by atoms with van der Waals surface area (Å²) in [5.74, 6) is -3.42. The Balaban J connectivity index is 2.16. The molecule has 1 saturated heterocycles. The number of benzene rings is 1. The number of amides is 3. The Labute approximate surface area is 197 Å². The first kappa shape index (κ1) is 26.6. The van der Waals surface area contributed by atoms with Crippen LogP contribution in [-0.2, 0) is 35.1 Å². The van der Waals surface area contributed by atoms with E-state index in [2.05, 4.69) is 16.0 Å². The fourth-order valence-electron chi connectivity index (χ4n) is 3.39. The number of rotatable bonds is 4. The van der Waals surface area contributed by atoms with Crippen molar-refractivity contribution >= 4 is 29.8 Å². The van der Waals surface area contributed by atoms with Crippen molar-refractivity contribution in [1.82, 2.24) is 16.0 Å².